The van der Waals surface area contributed by atoms with E-state index in [1.165, 1.54) is 11.3 Å². The van der Waals surface area contributed by atoms with Gasteiger partial charge in [0.05, 0.1) is 0 Å². The summed E-state index contributed by atoms with van der Waals surface area (Å²) < 4.78 is 0. The van der Waals surface area contributed by atoms with Gasteiger partial charge in [-0.1, -0.05) is 24.8 Å². The van der Waals surface area contributed by atoms with Crippen LogP contribution in [0.2, 0.25) is 0 Å². The van der Waals surface area contributed by atoms with E-state index >= 15 is 0 Å². The highest BCUT2D eigenvalue weighted by molar-refractivity contribution is 5.94. The fraction of sp³-hybridized carbons (Fsp3) is 0.375. The van der Waals surface area contributed by atoms with Gasteiger partial charge in [0.15, 0.2) is 5.82 Å². The molecule has 0 bridgehead atoms. The van der Waals surface area contributed by atoms with Gasteiger partial charge in [-0.15, -0.1) is 0 Å². The summed E-state index contributed by atoms with van der Waals surface area (Å²) in [6.45, 7) is 14.6. The smallest absolute Gasteiger partial charge is 0.159 e. The lowest BCUT2D eigenvalue weighted by Gasteiger charge is -2.40. The highest BCUT2D eigenvalue weighted by Crippen LogP contribution is 2.31. The Morgan fingerprint density at radius 1 is 1.03 bits per heavy atom. The second-order valence-corrected chi connectivity index (χ2v) is 8.01. The summed E-state index contributed by atoms with van der Waals surface area (Å²) >= 11 is 0. The Morgan fingerprint density at radius 2 is 1.73 bits per heavy atom. The number of aliphatic imine (C=N–C) groups is 1. The van der Waals surface area contributed by atoms with Gasteiger partial charge in [-0.2, -0.15) is 0 Å². The summed E-state index contributed by atoms with van der Waals surface area (Å²) in [5, 5.41) is 0. The highest BCUT2D eigenvalue weighted by atomic mass is 15.3. The largest absolute Gasteiger partial charge is 0.368 e. The van der Waals surface area contributed by atoms with Crippen LogP contribution in [-0.2, 0) is 0 Å². The van der Waals surface area contributed by atoms with Gasteiger partial charge in [0.25, 0.3) is 0 Å². The minimum atomic E-state index is 0.179. The van der Waals surface area contributed by atoms with E-state index in [1.54, 1.807) is 12.4 Å². The number of aromatic nitrogens is 2. The minimum Gasteiger partial charge on any atom is -0.368 e. The van der Waals surface area contributed by atoms with Crippen LogP contribution in [0.5, 0.6) is 0 Å². The molecule has 0 saturated carbocycles. The second kappa shape index (κ2) is 8.30. The average molecular weight is 403 g/mol. The topological polar surface area (TPSA) is 47.9 Å². The summed E-state index contributed by atoms with van der Waals surface area (Å²) in [5.74, 6) is 1.84. The summed E-state index contributed by atoms with van der Waals surface area (Å²) in [7, 11) is 2.09. The molecule has 6 nitrogen and oxygen atoms in total. The number of allylic oxidation sites excluding steroid dienone is 1. The zero-order chi connectivity index (χ0) is 21.3. The third-order valence-corrected chi connectivity index (χ3v) is 6.13. The quantitative estimate of drug-likeness (QED) is 0.785. The Kier molecular flexibility index (Phi) is 5.57. The van der Waals surface area contributed by atoms with Crippen molar-refractivity contribution in [3.05, 3.63) is 66.1 Å². The van der Waals surface area contributed by atoms with Crippen molar-refractivity contribution in [3.63, 3.8) is 0 Å². The van der Waals surface area contributed by atoms with Crippen LogP contribution in [0.15, 0.2) is 60.0 Å². The van der Waals surface area contributed by atoms with Gasteiger partial charge < -0.3 is 14.7 Å². The van der Waals surface area contributed by atoms with Crippen LogP contribution in [0, 0.1) is 6.92 Å². The number of piperazine rings is 1. The fourth-order valence-corrected chi connectivity index (χ4v) is 4.11. The predicted octanol–water partition coefficient (Wildman–Crippen LogP) is 3.63. The van der Waals surface area contributed by atoms with Gasteiger partial charge in [-0.25, -0.2) is 15.0 Å². The molecule has 156 valence electrons. The van der Waals surface area contributed by atoms with E-state index in [-0.39, 0.29) is 6.17 Å². The van der Waals surface area contributed by atoms with Crippen LogP contribution in [0.4, 0.5) is 0 Å². The highest BCUT2D eigenvalue weighted by Gasteiger charge is 2.25. The lowest BCUT2D eigenvalue weighted by atomic mass is 9.97. The molecular weight excluding hydrogens is 372 g/mol. The SMILES string of the molecule is C=C(c1c(C)cccc1-c1ncccn1)N1CCN(C2=NC(C)N(C)C(C)=C2)CC1. The third-order valence-electron chi connectivity index (χ3n) is 6.13. The molecule has 1 unspecified atom stereocenters. The van der Waals surface area contributed by atoms with E-state index in [4.69, 9.17) is 4.99 Å². The average Bonchev–Trinajstić information content (AvgIpc) is 2.77. The van der Waals surface area contributed by atoms with Crippen LogP contribution in [0.25, 0.3) is 17.1 Å². The Hall–Kier alpha value is -3.15. The summed E-state index contributed by atoms with van der Waals surface area (Å²) in [6, 6.07) is 8.12. The van der Waals surface area contributed by atoms with Gasteiger partial charge >= 0.3 is 0 Å². The van der Waals surface area contributed by atoms with Gasteiger partial charge in [0.1, 0.15) is 12.0 Å². The Morgan fingerprint density at radius 3 is 2.40 bits per heavy atom. The van der Waals surface area contributed by atoms with E-state index in [2.05, 4.69) is 83.3 Å². The van der Waals surface area contributed by atoms with Crippen molar-refractivity contribution < 1.29 is 0 Å². The first-order valence-electron chi connectivity index (χ1n) is 10.5. The van der Waals surface area contributed by atoms with Gasteiger partial charge in [0, 0.05) is 68.1 Å². The number of amidine groups is 1. The summed E-state index contributed by atoms with van der Waals surface area (Å²) in [5.41, 5.74) is 5.67. The first kappa shape index (κ1) is 20.1. The lowest BCUT2D eigenvalue weighted by molar-refractivity contribution is 0.243. The third kappa shape index (κ3) is 3.82. The van der Waals surface area contributed by atoms with E-state index in [1.807, 2.05) is 6.07 Å². The summed E-state index contributed by atoms with van der Waals surface area (Å²) in [6.07, 6.45) is 5.94. The van der Waals surface area contributed by atoms with E-state index in [0.29, 0.717) is 0 Å². The molecular formula is C24H30N6. The number of rotatable bonds is 3. The van der Waals surface area contributed by atoms with E-state index in [9.17, 15) is 0 Å². The van der Waals surface area contributed by atoms with Crippen LogP contribution >= 0.6 is 0 Å². The van der Waals surface area contributed by atoms with Crippen molar-refractivity contribution >= 4 is 11.5 Å². The molecule has 1 saturated heterocycles. The first-order valence-corrected chi connectivity index (χ1v) is 10.5. The molecule has 1 aromatic carbocycles. The number of hydrogen-bond acceptors (Lipinski definition) is 6. The number of aryl methyl sites for hydroxylation is 1. The van der Waals surface area contributed by atoms with Crippen molar-refractivity contribution in [2.24, 2.45) is 4.99 Å². The molecule has 2 aliphatic heterocycles. The van der Waals surface area contributed by atoms with Crippen LogP contribution < -0.4 is 0 Å². The Balaban J connectivity index is 1.52. The molecule has 1 aromatic heterocycles. The molecule has 0 radical (unpaired) electrons. The molecule has 1 atom stereocenters. The first-order chi connectivity index (χ1) is 14.5. The van der Waals surface area contributed by atoms with Crippen molar-refractivity contribution in [2.45, 2.75) is 26.9 Å². The maximum Gasteiger partial charge on any atom is 0.159 e. The van der Waals surface area contributed by atoms with Crippen LogP contribution in [0.1, 0.15) is 25.0 Å². The molecule has 2 aromatic rings. The van der Waals surface area contributed by atoms with E-state index < -0.39 is 0 Å². The molecule has 4 rings (SSSR count). The van der Waals surface area contributed by atoms with Gasteiger partial charge in [-0.05, 0) is 38.5 Å². The number of hydrogen-bond donors (Lipinski definition) is 0. The van der Waals surface area contributed by atoms with Crippen molar-refractivity contribution in [3.8, 4) is 11.4 Å². The lowest BCUT2D eigenvalue weighted by Crippen LogP contribution is -2.49. The maximum atomic E-state index is 4.87. The van der Waals surface area contributed by atoms with Crippen molar-refractivity contribution in [1.29, 1.82) is 0 Å². The molecule has 3 heterocycles. The molecule has 2 aliphatic rings. The standard InChI is InChI=1S/C24H30N6/c1-17-8-6-9-21(24-25-10-7-11-26-24)23(17)19(3)29-12-14-30(15-13-29)22-16-18(2)28(5)20(4)27-22/h6-11,16,20H,3,12-15H2,1-2,4-5H3. The minimum absolute atomic E-state index is 0.179. The summed E-state index contributed by atoms with van der Waals surface area (Å²) in [4.78, 5) is 20.8. The fourth-order valence-electron chi connectivity index (χ4n) is 4.11. The molecule has 6 heteroatoms. The molecule has 0 N–H and O–H groups in total. The Bertz CT molecular complexity index is 986. The predicted molar refractivity (Wildman–Crippen MR) is 123 cm³/mol. The second-order valence-electron chi connectivity index (χ2n) is 8.01. The van der Waals surface area contributed by atoms with Crippen LogP contribution in [-0.4, -0.2) is 69.9 Å². The van der Waals surface area contributed by atoms with Crippen LogP contribution in [0.3, 0.4) is 0 Å². The number of benzene rings is 1. The molecule has 1 fully saturated rings. The van der Waals surface area contributed by atoms with E-state index in [0.717, 1.165) is 54.7 Å². The normalized spacial score (nSPS) is 19.5. The van der Waals surface area contributed by atoms with Crippen molar-refractivity contribution in [2.75, 3.05) is 33.2 Å². The molecule has 0 aliphatic carbocycles. The van der Waals surface area contributed by atoms with Gasteiger partial charge in [0.2, 0.25) is 0 Å². The number of nitrogens with zero attached hydrogens (tertiary/aromatic N) is 6. The zero-order valence-corrected chi connectivity index (χ0v) is 18.3. The van der Waals surface area contributed by atoms with Gasteiger partial charge in [-0.3, -0.25) is 0 Å². The van der Waals surface area contributed by atoms with Crippen molar-refractivity contribution in [1.82, 2.24) is 24.7 Å². The monoisotopic (exact) mass is 402 g/mol. The Labute approximate surface area is 179 Å². The molecule has 30 heavy (non-hydrogen) atoms. The maximum absolute atomic E-state index is 4.87. The zero-order valence-electron chi connectivity index (χ0n) is 18.3. The molecule has 0 spiro atoms. The molecule has 0 amide bonds.